The maximum Gasteiger partial charge on any atom is 0.416 e. The summed E-state index contributed by atoms with van der Waals surface area (Å²) in [6.07, 6.45) is -2.44. The topological polar surface area (TPSA) is 46.2 Å². The quantitative estimate of drug-likeness (QED) is 0.808. The van der Waals surface area contributed by atoms with Crippen LogP contribution >= 0.6 is 15.9 Å². The third-order valence-electron chi connectivity index (χ3n) is 2.43. The number of hydrogen-bond acceptors (Lipinski definition) is 2. The van der Waals surface area contributed by atoms with E-state index in [4.69, 9.17) is 0 Å². The van der Waals surface area contributed by atoms with Crippen LogP contribution in [0.5, 0.6) is 0 Å². The predicted octanol–water partition coefficient (Wildman–Crippen LogP) is 2.97. The summed E-state index contributed by atoms with van der Waals surface area (Å²) in [5.41, 5.74) is -0.946. The minimum atomic E-state index is -4.49. The molecule has 8 heteroatoms. The van der Waals surface area contributed by atoms with Crippen LogP contribution in [0.1, 0.15) is 22.3 Å². The van der Waals surface area contributed by atoms with Crippen LogP contribution < -0.4 is 5.32 Å². The Balaban J connectivity index is 2.74. The number of carbonyl (C=O) groups excluding carboxylic acids is 1. The first-order valence-corrected chi connectivity index (χ1v) is 8.19. The number of rotatable bonds is 5. The van der Waals surface area contributed by atoms with Gasteiger partial charge in [-0.15, -0.1) is 0 Å². The highest BCUT2D eigenvalue weighted by atomic mass is 79.9. The molecule has 0 aliphatic heterocycles. The minimum Gasteiger partial charge on any atom is -0.352 e. The number of alkyl halides is 3. The second kappa shape index (κ2) is 7.21. The molecule has 0 saturated heterocycles. The highest BCUT2D eigenvalue weighted by Crippen LogP contribution is 2.31. The Labute approximate surface area is 125 Å². The first-order valence-electron chi connectivity index (χ1n) is 5.67. The van der Waals surface area contributed by atoms with Crippen LogP contribution in [0.4, 0.5) is 13.2 Å². The van der Waals surface area contributed by atoms with Crippen molar-refractivity contribution in [2.24, 2.45) is 0 Å². The SMILES string of the molecule is CS(=O)CCCNC(=O)c1cc(C(F)(F)F)ccc1Br. The molecule has 0 heterocycles. The molecule has 1 rings (SSSR count). The lowest BCUT2D eigenvalue weighted by Crippen LogP contribution is -2.26. The Morgan fingerprint density at radius 3 is 2.60 bits per heavy atom. The zero-order valence-corrected chi connectivity index (χ0v) is 13.0. The second-order valence-electron chi connectivity index (χ2n) is 4.08. The third kappa shape index (κ3) is 5.24. The second-order valence-corrected chi connectivity index (χ2v) is 6.49. The number of amides is 1. The lowest BCUT2D eigenvalue weighted by Gasteiger charge is -2.11. The van der Waals surface area contributed by atoms with Gasteiger partial charge in [0.25, 0.3) is 5.91 Å². The van der Waals surface area contributed by atoms with Gasteiger partial charge in [-0.2, -0.15) is 13.2 Å². The summed E-state index contributed by atoms with van der Waals surface area (Å²) >= 11 is 3.05. The fraction of sp³-hybridized carbons (Fsp3) is 0.417. The summed E-state index contributed by atoms with van der Waals surface area (Å²) in [4.78, 5) is 11.8. The zero-order chi connectivity index (χ0) is 15.3. The normalized spacial score (nSPS) is 13.1. The monoisotopic (exact) mass is 371 g/mol. The molecule has 0 aromatic heterocycles. The van der Waals surface area contributed by atoms with Crippen molar-refractivity contribution in [3.05, 3.63) is 33.8 Å². The van der Waals surface area contributed by atoms with Crippen LogP contribution in [0.15, 0.2) is 22.7 Å². The maximum atomic E-state index is 12.6. The van der Waals surface area contributed by atoms with Crippen molar-refractivity contribution in [1.29, 1.82) is 0 Å². The Morgan fingerprint density at radius 1 is 1.40 bits per heavy atom. The van der Waals surface area contributed by atoms with Crippen molar-refractivity contribution in [1.82, 2.24) is 5.32 Å². The van der Waals surface area contributed by atoms with Crippen LogP contribution in [0.2, 0.25) is 0 Å². The summed E-state index contributed by atoms with van der Waals surface area (Å²) in [5.74, 6) is -0.158. The van der Waals surface area contributed by atoms with Gasteiger partial charge in [0.05, 0.1) is 11.1 Å². The van der Waals surface area contributed by atoms with Crippen LogP contribution in [-0.4, -0.2) is 28.7 Å². The number of halogens is 4. The standard InChI is InChI=1S/C12H13BrF3NO2S/c1-20(19)6-2-5-17-11(18)9-7-8(12(14,15)16)3-4-10(9)13/h3-4,7H,2,5-6H2,1H3,(H,17,18). The largest absolute Gasteiger partial charge is 0.416 e. The zero-order valence-electron chi connectivity index (χ0n) is 10.6. The van der Waals surface area contributed by atoms with Gasteiger partial charge in [0.1, 0.15) is 0 Å². The van der Waals surface area contributed by atoms with Gasteiger partial charge in [-0.05, 0) is 40.5 Å². The molecule has 0 aliphatic carbocycles. The fourth-order valence-corrected chi connectivity index (χ4v) is 2.43. The lowest BCUT2D eigenvalue weighted by atomic mass is 10.1. The highest BCUT2D eigenvalue weighted by molar-refractivity contribution is 9.10. The van der Waals surface area contributed by atoms with Crippen LogP contribution in [0.3, 0.4) is 0 Å². The van der Waals surface area contributed by atoms with E-state index in [1.807, 2.05) is 0 Å². The molecule has 1 amide bonds. The summed E-state index contributed by atoms with van der Waals surface area (Å²) in [6, 6.07) is 2.90. The molecular weight excluding hydrogens is 359 g/mol. The van der Waals surface area contributed by atoms with Crippen LogP contribution in [-0.2, 0) is 17.0 Å². The van der Waals surface area contributed by atoms with E-state index in [0.717, 1.165) is 12.1 Å². The summed E-state index contributed by atoms with van der Waals surface area (Å²) in [6.45, 7) is 0.265. The molecule has 20 heavy (non-hydrogen) atoms. The third-order valence-corrected chi connectivity index (χ3v) is 3.99. The molecule has 112 valence electrons. The highest BCUT2D eigenvalue weighted by Gasteiger charge is 2.31. The molecule has 1 N–H and O–H groups in total. The van der Waals surface area contributed by atoms with E-state index >= 15 is 0 Å². The van der Waals surface area contributed by atoms with Gasteiger partial charge in [0.15, 0.2) is 0 Å². The minimum absolute atomic E-state index is 0.0718. The lowest BCUT2D eigenvalue weighted by molar-refractivity contribution is -0.137. The van der Waals surface area contributed by atoms with Crippen molar-refractivity contribution in [2.75, 3.05) is 18.6 Å². The molecule has 0 aliphatic rings. The van der Waals surface area contributed by atoms with Crippen LogP contribution in [0, 0.1) is 0 Å². The van der Waals surface area contributed by atoms with E-state index in [0.29, 0.717) is 16.6 Å². The number of carbonyl (C=O) groups is 1. The molecule has 1 aromatic carbocycles. The Kier molecular flexibility index (Phi) is 6.19. The van der Waals surface area contributed by atoms with Gasteiger partial charge in [-0.25, -0.2) is 0 Å². The van der Waals surface area contributed by atoms with Gasteiger partial charge in [0.2, 0.25) is 0 Å². The smallest absolute Gasteiger partial charge is 0.352 e. The van der Waals surface area contributed by atoms with Crippen molar-refractivity contribution < 1.29 is 22.2 Å². The molecule has 0 radical (unpaired) electrons. The summed E-state index contributed by atoms with van der Waals surface area (Å²) in [5, 5.41) is 2.50. The van der Waals surface area contributed by atoms with E-state index in [1.54, 1.807) is 6.26 Å². The number of nitrogens with one attached hydrogen (secondary N) is 1. The van der Waals surface area contributed by atoms with Crippen molar-refractivity contribution in [3.63, 3.8) is 0 Å². The average molecular weight is 372 g/mol. The molecule has 0 fully saturated rings. The molecule has 1 aromatic rings. The number of hydrogen-bond donors (Lipinski definition) is 1. The van der Waals surface area contributed by atoms with Gasteiger partial charge >= 0.3 is 6.18 Å². The van der Waals surface area contributed by atoms with Gasteiger partial charge in [-0.3, -0.25) is 9.00 Å². The van der Waals surface area contributed by atoms with E-state index in [-0.39, 0.29) is 12.1 Å². The summed E-state index contributed by atoms with van der Waals surface area (Å²) in [7, 11) is -0.954. The maximum absolute atomic E-state index is 12.6. The van der Waals surface area contributed by atoms with Crippen LogP contribution in [0.25, 0.3) is 0 Å². The van der Waals surface area contributed by atoms with E-state index in [1.165, 1.54) is 6.07 Å². The number of benzene rings is 1. The predicted molar refractivity (Wildman–Crippen MR) is 75.0 cm³/mol. The van der Waals surface area contributed by atoms with Gasteiger partial charge in [0, 0.05) is 33.8 Å². The Morgan fingerprint density at radius 2 is 2.05 bits per heavy atom. The van der Waals surface area contributed by atoms with Gasteiger partial charge in [-0.1, -0.05) is 0 Å². The first-order chi connectivity index (χ1) is 9.21. The Bertz CT molecular complexity index is 520. The molecular formula is C12H13BrF3NO2S. The molecule has 0 bridgehead atoms. The fourth-order valence-electron chi connectivity index (χ4n) is 1.45. The molecule has 3 nitrogen and oxygen atoms in total. The average Bonchev–Trinajstić information content (AvgIpc) is 2.33. The Hall–Kier alpha value is -0.890. The van der Waals surface area contributed by atoms with E-state index in [9.17, 15) is 22.2 Å². The van der Waals surface area contributed by atoms with E-state index in [2.05, 4.69) is 21.2 Å². The van der Waals surface area contributed by atoms with Crippen molar-refractivity contribution in [2.45, 2.75) is 12.6 Å². The molecule has 1 atom stereocenters. The van der Waals surface area contributed by atoms with Gasteiger partial charge < -0.3 is 5.32 Å². The van der Waals surface area contributed by atoms with Crippen molar-refractivity contribution in [3.8, 4) is 0 Å². The van der Waals surface area contributed by atoms with E-state index < -0.39 is 28.4 Å². The summed E-state index contributed by atoms with van der Waals surface area (Å²) < 4.78 is 48.9. The molecule has 1 unspecified atom stereocenters. The molecule has 0 spiro atoms. The molecule has 0 saturated carbocycles. The first kappa shape index (κ1) is 17.2. The van der Waals surface area contributed by atoms with Crippen molar-refractivity contribution >= 4 is 32.6 Å².